The maximum absolute atomic E-state index is 13.3. The number of ether oxygens (including phenoxy) is 2. The molecule has 0 N–H and O–H groups in total. The lowest BCUT2D eigenvalue weighted by Gasteiger charge is -2.12. The first-order valence-corrected chi connectivity index (χ1v) is 5.00. The molecule has 0 aliphatic rings. The summed E-state index contributed by atoms with van der Waals surface area (Å²) in [5.41, 5.74) is 0.774. The Labute approximate surface area is 94.2 Å². The number of carbonyl (C=O) groups excluding carboxylic acids is 1. The van der Waals surface area contributed by atoms with E-state index in [4.69, 9.17) is 9.47 Å². The minimum atomic E-state index is -0.661. The van der Waals surface area contributed by atoms with Gasteiger partial charge in [-0.25, -0.2) is 9.18 Å². The number of rotatable bonds is 4. The van der Waals surface area contributed by atoms with Crippen LogP contribution in [0.2, 0.25) is 0 Å². The number of methoxy groups -OCH3 is 1. The zero-order chi connectivity index (χ0) is 12.1. The molecule has 0 radical (unpaired) electrons. The van der Waals surface area contributed by atoms with Crippen LogP contribution in [0.4, 0.5) is 4.39 Å². The molecular formula is C12H15FO3. The largest absolute Gasteiger partial charge is 0.457 e. The number of halogens is 1. The first-order valence-electron chi connectivity index (χ1n) is 5.00. The van der Waals surface area contributed by atoms with Crippen molar-refractivity contribution in [2.24, 2.45) is 0 Å². The molecule has 0 heterocycles. The van der Waals surface area contributed by atoms with Gasteiger partial charge in [0.05, 0.1) is 12.2 Å². The smallest absolute Gasteiger partial charge is 0.341 e. The molecule has 1 rings (SSSR count). The van der Waals surface area contributed by atoms with Crippen molar-refractivity contribution in [3.63, 3.8) is 0 Å². The molecule has 0 bridgehead atoms. The average molecular weight is 226 g/mol. The highest BCUT2D eigenvalue weighted by Crippen LogP contribution is 2.12. The summed E-state index contributed by atoms with van der Waals surface area (Å²) < 4.78 is 23.2. The van der Waals surface area contributed by atoms with E-state index in [2.05, 4.69) is 0 Å². The molecule has 16 heavy (non-hydrogen) atoms. The maximum atomic E-state index is 13.3. The predicted molar refractivity (Wildman–Crippen MR) is 57.9 cm³/mol. The van der Waals surface area contributed by atoms with Crippen molar-refractivity contribution in [3.05, 3.63) is 35.1 Å². The van der Waals surface area contributed by atoms with Crippen LogP contribution in [0, 0.1) is 12.7 Å². The Balaban J connectivity index is 2.76. The normalized spacial score (nSPS) is 12.2. The molecule has 0 saturated heterocycles. The van der Waals surface area contributed by atoms with E-state index in [0.717, 1.165) is 5.56 Å². The van der Waals surface area contributed by atoms with Crippen LogP contribution in [-0.4, -0.2) is 25.8 Å². The van der Waals surface area contributed by atoms with Crippen LogP contribution in [-0.2, 0) is 9.47 Å². The first-order chi connectivity index (χ1) is 7.54. The Bertz CT molecular complexity index is 377. The van der Waals surface area contributed by atoms with Crippen LogP contribution >= 0.6 is 0 Å². The summed E-state index contributed by atoms with van der Waals surface area (Å²) in [4.78, 5) is 11.6. The number of hydrogen-bond acceptors (Lipinski definition) is 3. The number of carbonyl (C=O) groups is 1. The Morgan fingerprint density at radius 3 is 2.81 bits per heavy atom. The molecule has 4 heteroatoms. The topological polar surface area (TPSA) is 35.5 Å². The van der Waals surface area contributed by atoms with Gasteiger partial charge in [-0.2, -0.15) is 0 Å². The zero-order valence-corrected chi connectivity index (χ0v) is 9.62. The highest BCUT2D eigenvalue weighted by molar-refractivity contribution is 5.90. The van der Waals surface area contributed by atoms with Gasteiger partial charge >= 0.3 is 5.97 Å². The second kappa shape index (κ2) is 5.61. The molecule has 0 aliphatic carbocycles. The van der Waals surface area contributed by atoms with Gasteiger partial charge in [0.2, 0.25) is 0 Å². The van der Waals surface area contributed by atoms with Gasteiger partial charge in [-0.05, 0) is 26.0 Å². The summed E-state index contributed by atoms with van der Waals surface area (Å²) in [6, 6.07) is 4.33. The molecule has 0 spiro atoms. The molecule has 0 fully saturated rings. The van der Waals surface area contributed by atoms with Crippen LogP contribution in [0.5, 0.6) is 0 Å². The lowest BCUT2D eigenvalue weighted by molar-refractivity contribution is 0.0116. The van der Waals surface area contributed by atoms with Crippen LogP contribution in [0.1, 0.15) is 22.8 Å². The van der Waals surface area contributed by atoms with Gasteiger partial charge in [0.15, 0.2) is 0 Å². The molecular weight excluding hydrogens is 211 g/mol. The summed E-state index contributed by atoms with van der Waals surface area (Å²) in [7, 11) is 1.51. The van der Waals surface area contributed by atoms with Gasteiger partial charge in [-0.1, -0.05) is 11.6 Å². The Hall–Kier alpha value is -1.42. The molecule has 0 saturated carbocycles. The quantitative estimate of drug-likeness (QED) is 0.739. The van der Waals surface area contributed by atoms with Gasteiger partial charge in [-0.3, -0.25) is 0 Å². The summed E-state index contributed by atoms with van der Waals surface area (Å²) >= 11 is 0. The molecule has 0 aliphatic heterocycles. The molecule has 1 aromatic carbocycles. The minimum Gasteiger partial charge on any atom is -0.457 e. The van der Waals surface area contributed by atoms with Gasteiger partial charge in [0.1, 0.15) is 11.9 Å². The lowest BCUT2D eigenvalue weighted by atomic mass is 10.1. The van der Waals surface area contributed by atoms with Gasteiger partial charge in [-0.15, -0.1) is 0 Å². The molecule has 1 atom stereocenters. The van der Waals surface area contributed by atoms with Gasteiger partial charge in [0, 0.05) is 7.11 Å². The second-order valence-corrected chi connectivity index (χ2v) is 3.65. The molecule has 1 unspecified atom stereocenters. The van der Waals surface area contributed by atoms with Gasteiger partial charge in [0.25, 0.3) is 0 Å². The summed E-state index contributed by atoms with van der Waals surface area (Å²) in [6.07, 6.45) is -0.391. The van der Waals surface area contributed by atoms with Crippen LogP contribution < -0.4 is 0 Å². The third-order valence-electron chi connectivity index (χ3n) is 2.05. The van der Waals surface area contributed by atoms with Crippen molar-refractivity contribution in [2.75, 3.05) is 13.7 Å². The highest BCUT2D eigenvalue weighted by atomic mass is 19.1. The third kappa shape index (κ3) is 3.31. The van der Waals surface area contributed by atoms with Crippen molar-refractivity contribution in [2.45, 2.75) is 20.0 Å². The van der Waals surface area contributed by atoms with Crippen LogP contribution in [0.15, 0.2) is 18.2 Å². The van der Waals surface area contributed by atoms with E-state index >= 15 is 0 Å². The van der Waals surface area contributed by atoms with E-state index in [1.54, 1.807) is 19.9 Å². The number of benzene rings is 1. The fraction of sp³-hybridized carbons (Fsp3) is 0.417. The van der Waals surface area contributed by atoms with Crippen LogP contribution in [0.25, 0.3) is 0 Å². The Morgan fingerprint density at radius 2 is 2.19 bits per heavy atom. The van der Waals surface area contributed by atoms with Crippen molar-refractivity contribution in [1.82, 2.24) is 0 Å². The van der Waals surface area contributed by atoms with E-state index in [1.165, 1.54) is 19.2 Å². The molecule has 3 nitrogen and oxygen atoms in total. The fourth-order valence-electron chi connectivity index (χ4n) is 1.31. The van der Waals surface area contributed by atoms with Crippen molar-refractivity contribution in [3.8, 4) is 0 Å². The molecule has 0 amide bonds. The second-order valence-electron chi connectivity index (χ2n) is 3.65. The third-order valence-corrected chi connectivity index (χ3v) is 2.05. The zero-order valence-electron chi connectivity index (χ0n) is 9.62. The maximum Gasteiger partial charge on any atom is 0.341 e. The monoisotopic (exact) mass is 226 g/mol. The van der Waals surface area contributed by atoms with Crippen LogP contribution in [0.3, 0.4) is 0 Å². The fourth-order valence-corrected chi connectivity index (χ4v) is 1.31. The summed E-state index contributed by atoms with van der Waals surface area (Å²) in [5, 5.41) is 0. The average Bonchev–Trinajstić information content (AvgIpc) is 2.21. The SMILES string of the molecule is COCC(C)OC(=O)c1cc(C)ccc1F. The van der Waals surface area contributed by atoms with E-state index < -0.39 is 17.9 Å². The Kier molecular flexibility index (Phi) is 4.43. The number of esters is 1. The predicted octanol–water partition coefficient (Wildman–Crippen LogP) is 2.33. The molecule has 88 valence electrons. The Morgan fingerprint density at radius 1 is 1.50 bits per heavy atom. The van der Waals surface area contributed by atoms with E-state index in [-0.39, 0.29) is 5.56 Å². The minimum absolute atomic E-state index is 0.0389. The summed E-state index contributed by atoms with van der Waals surface area (Å²) in [6.45, 7) is 3.77. The van der Waals surface area contributed by atoms with Crippen molar-refractivity contribution in [1.29, 1.82) is 0 Å². The standard InChI is InChI=1S/C12H15FO3/c1-8-4-5-11(13)10(6-8)12(14)16-9(2)7-15-3/h4-6,9H,7H2,1-3H3. The van der Waals surface area contributed by atoms with Crippen molar-refractivity contribution < 1.29 is 18.7 Å². The van der Waals surface area contributed by atoms with E-state index in [0.29, 0.717) is 6.61 Å². The number of hydrogen-bond donors (Lipinski definition) is 0. The molecule has 0 aromatic heterocycles. The van der Waals surface area contributed by atoms with Gasteiger partial charge < -0.3 is 9.47 Å². The summed E-state index contributed by atoms with van der Waals surface area (Å²) in [5.74, 6) is -1.23. The van der Waals surface area contributed by atoms with E-state index in [1.807, 2.05) is 0 Å². The van der Waals surface area contributed by atoms with Crippen molar-refractivity contribution >= 4 is 5.97 Å². The molecule has 1 aromatic rings. The number of aryl methyl sites for hydroxylation is 1. The van der Waals surface area contributed by atoms with E-state index in [9.17, 15) is 9.18 Å². The first kappa shape index (κ1) is 12.6. The lowest BCUT2D eigenvalue weighted by Crippen LogP contribution is -2.20. The highest BCUT2D eigenvalue weighted by Gasteiger charge is 2.16.